The number of Topliss-reactive ketones (excluding diaryl/α,β-unsaturated/α-hetero) is 1. The van der Waals surface area contributed by atoms with E-state index in [2.05, 4.69) is 48.0 Å². The zero-order valence-electron chi connectivity index (χ0n) is 11.2. The van der Waals surface area contributed by atoms with Crippen LogP contribution in [0.2, 0.25) is 0 Å². The standard InChI is InChI=1S/C17H17BrO/c1-12-3-4-14(11-13(12)2)5-10-17(19)15-6-8-16(18)9-7-15/h3-4,6-9,11H,5,10H2,1-2H3. The summed E-state index contributed by atoms with van der Waals surface area (Å²) in [5, 5.41) is 0. The summed E-state index contributed by atoms with van der Waals surface area (Å²) in [4.78, 5) is 12.1. The van der Waals surface area contributed by atoms with E-state index in [1.54, 1.807) is 0 Å². The Morgan fingerprint density at radius 1 is 1.00 bits per heavy atom. The van der Waals surface area contributed by atoms with Crippen molar-refractivity contribution in [3.05, 3.63) is 69.2 Å². The third-order valence-electron chi connectivity index (χ3n) is 3.38. The fourth-order valence-electron chi connectivity index (χ4n) is 2.00. The number of benzene rings is 2. The van der Waals surface area contributed by atoms with Crippen molar-refractivity contribution < 1.29 is 4.79 Å². The number of carbonyl (C=O) groups is 1. The van der Waals surface area contributed by atoms with Gasteiger partial charge in [-0.05, 0) is 49.1 Å². The number of rotatable bonds is 4. The van der Waals surface area contributed by atoms with Crippen molar-refractivity contribution in [3.63, 3.8) is 0 Å². The van der Waals surface area contributed by atoms with Gasteiger partial charge in [0.25, 0.3) is 0 Å². The highest BCUT2D eigenvalue weighted by Crippen LogP contribution is 2.15. The Hall–Kier alpha value is -1.41. The molecular formula is C17H17BrO. The first-order chi connectivity index (χ1) is 9.06. The van der Waals surface area contributed by atoms with Crippen LogP contribution in [0.5, 0.6) is 0 Å². The summed E-state index contributed by atoms with van der Waals surface area (Å²) in [5.41, 5.74) is 4.59. The molecule has 0 saturated carbocycles. The van der Waals surface area contributed by atoms with Crippen LogP contribution in [0.15, 0.2) is 46.9 Å². The Morgan fingerprint density at radius 3 is 2.32 bits per heavy atom. The molecule has 98 valence electrons. The van der Waals surface area contributed by atoms with E-state index in [9.17, 15) is 4.79 Å². The Kier molecular flexibility index (Phi) is 4.54. The fraction of sp³-hybridized carbons (Fsp3) is 0.235. The Labute approximate surface area is 122 Å². The first-order valence-corrected chi connectivity index (χ1v) is 7.20. The molecule has 2 aromatic rings. The average Bonchev–Trinajstić information content (AvgIpc) is 2.40. The maximum Gasteiger partial charge on any atom is 0.163 e. The zero-order valence-corrected chi connectivity index (χ0v) is 12.8. The summed E-state index contributed by atoms with van der Waals surface area (Å²) >= 11 is 3.37. The van der Waals surface area contributed by atoms with Crippen molar-refractivity contribution in [2.45, 2.75) is 26.7 Å². The van der Waals surface area contributed by atoms with Crippen LogP contribution >= 0.6 is 15.9 Å². The van der Waals surface area contributed by atoms with Gasteiger partial charge >= 0.3 is 0 Å². The van der Waals surface area contributed by atoms with E-state index >= 15 is 0 Å². The third-order valence-corrected chi connectivity index (χ3v) is 3.91. The Morgan fingerprint density at radius 2 is 1.68 bits per heavy atom. The lowest BCUT2D eigenvalue weighted by Crippen LogP contribution is -2.01. The van der Waals surface area contributed by atoms with Gasteiger partial charge in [-0.3, -0.25) is 4.79 Å². The van der Waals surface area contributed by atoms with Crippen molar-refractivity contribution in [2.24, 2.45) is 0 Å². The van der Waals surface area contributed by atoms with E-state index in [-0.39, 0.29) is 5.78 Å². The minimum atomic E-state index is 0.200. The van der Waals surface area contributed by atoms with Gasteiger partial charge < -0.3 is 0 Å². The van der Waals surface area contributed by atoms with E-state index in [0.717, 1.165) is 16.5 Å². The molecule has 0 aromatic heterocycles. The number of aryl methyl sites for hydroxylation is 3. The second kappa shape index (κ2) is 6.16. The summed E-state index contributed by atoms with van der Waals surface area (Å²) in [6, 6.07) is 13.9. The molecule has 0 heterocycles. The van der Waals surface area contributed by atoms with Gasteiger partial charge in [0, 0.05) is 16.5 Å². The van der Waals surface area contributed by atoms with Crippen molar-refractivity contribution >= 4 is 21.7 Å². The van der Waals surface area contributed by atoms with Crippen LogP contribution in [0, 0.1) is 13.8 Å². The van der Waals surface area contributed by atoms with Crippen LogP contribution in [0.4, 0.5) is 0 Å². The van der Waals surface area contributed by atoms with Crippen LogP contribution in [-0.4, -0.2) is 5.78 Å². The van der Waals surface area contributed by atoms with Crippen LogP contribution in [0.3, 0.4) is 0 Å². The molecule has 0 amide bonds. The lowest BCUT2D eigenvalue weighted by atomic mass is 10.00. The summed E-state index contributed by atoms with van der Waals surface area (Å²) in [7, 11) is 0. The molecule has 0 saturated heterocycles. The summed E-state index contributed by atoms with van der Waals surface area (Å²) in [6.45, 7) is 4.21. The van der Waals surface area contributed by atoms with Gasteiger partial charge in [0.2, 0.25) is 0 Å². The third kappa shape index (κ3) is 3.77. The van der Waals surface area contributed by atoms with Crippen LogP contribution in [0.1, 0.15) is 33.5 Å². The first kappa shape index (κ1) is 14.0. The molecule has 0 unspecified atom stereocenters. The number of carbonyl (C=O) groups excluding carboxylic acids is 1. The van der Waals surface area contributed by atoms with Crippen LogP contribution < -0.4 is 0 Å². The molecule has 0 radical (unpaired) electrons. The number of ketones is 1. The van der Waals surface area contributed by atoms with Gasteiger partial charge in [-0.25, -0.2) is 0 Å². The molecular weight excluding hydrogens is 300 g/mol. The molecule has 0 N–H and O–H groups in total. The van der Waals surface area contributed by atoms with Crippen molar-refractivity contribution in [3.8, 4) is 0 Å². The van der Waals surface area contributed by atoms with Crippen molar-refractivity contribution in [1.82, 2.24) is 0 Å². The van der Waals surface area contributed by atoms with Gasteiger partial charge in [-0.15, -0.1) is 0 Å². The predicted octanol–water partition coefficient (Wildman–Crippen LogP) is 4.88. The normalized spacial score (nSPS) is 10.5. The smallest absolute Gasteiger partial charge is 0.163 e. The molecule has 0 fully saturated rings. The van der Waals surface area contributed by atoms with E-state index in [1.165, 1.54) is 16.7 Å². The molecule has 2 heteroatoms. The van der Waals surface area contributed by atoms with E-state index < -0.39 is 0 Å². The number of hydrogen-bond acceptors (Lipinski definition) is 1. The minimum absolute atomic E-state index is 0.200. The highest BCUT2D eigenvalue weighted by atomic mass is 79.9. The highest BCUT2D eigenvalue weighted by molar-refractivity contribution is 9.10. The monoisotopic (exact) mass is 316 g/mol. The molecule has 0 aliphatic rings. The molecule has 2 rings (SSSR count). The topological polar surface area (TPSA) is 17.1 Å². The van der Waals surface area contributed by atoms with Gasteiger partial charge in [-0.1, -0.05) is 46.3 Å². The number of hydrogen-bond donors (Lipinski definition) is 0. The number of halogens is 1. The molecule has 19 heavy (non-hydrogen) atoms. The highest BCUT2D eigenvalue weighted by Gasteiger charge is 2.06. The van der Waals surface area contributed by atoms with E-state index in [1.807, 2.05) is 24.3 Å². The SMILES string of the molecule is Cc1ccc(CCC(=O)c2ccc(Br)cc2)cc1C. The average molecular weight is 317 g/mol. The molecule has 2 aromatic carbocycles. The lowest BCUT2D eigenvalue weighted by Gasteiger charge is -2.05. The molecule has 0 spiro atoms. The van der Waals surface area contributed by atoms with E-state index in [4.69, 9.17) is 0 Å². The largest absolute Gasteiger partial charge is 0.294 e. The summed E-state index contributed by atoms with van der Waals surface area (Å²) < 4.78 is 0.998. The van der Waals surface area contributed by atoms with Crippen molar-refractivity contribution in [2.75, 3.05) is 0 Å². The van der Waals surface area contributed by atoms with Gasteiger partial charge in [0.05, 0.1) is 0 Å². The van der Waals surface area contributed by atoms with Crippen LogP contribution in [-0.2, 0) is 6.42 Å². The fourth-order valence-corrected chi connectivity index (χ4v) is 2.26. The van der Waals surface area contributed by atoms with Crippen molar-refractivity contribution in [1.29, 1.82) is 0 Å². The lowest BCUT2D eigenvalue weighted by molar-refractivity contribution is 0.0983. The molecule has 0 aliphatic heterocycles. The molecule has 0 aliphatic carbocycles. The maximum atomic E-state index is 12.1. The van der Waals surface area contributed by atoms with Gasteiger partial charge in [0.15, 0.2) is 5.78 Å². The maximum absolute atomic E-state index is 12.1. The zero-order chi connectivity index (χ0) is 13.8. The summed E-state index contributed by atoms with van der Waals surface area (Å²) in [6.07, 6.45) is 1.36. The van der Waals surface area contributed by atoms with E-state index in [0.29, 0.717) is 6.42 Å². The van der Waals surface area contributed by atoms with Crippen LogP contribution in [0.25, 0.3) is 0 Å². The molecule has 0 bridgehead atoms. The quantitative estimate of drug-likeness (QED) is 0.734. The first-order valence-electron chi connectivity index (χ1n) is 6.41. The Bertz CT molecular complexity index is 585. The van der Waals surface area contributed by atoms with Gasteiger partial charge in [-0.2, -0.15) is 0 Å². The second-order valence-electron chi connectivity index (χ2n) is 4.85. The summed E-state index contributed by atoms with van der Waals surface area (Å²) in [5.74, 6) is 0.200. The molecule has 0 atom stereocenters. The second-order valence-corrected chi connectivity index (χ2v) is 5.76. The minimum Gasteiger partial charge on any atom is -0.294 e. The Balaban J connectivity index is 2.00. The molecule has 1 nitrogen and oxygen atoms in total. The van der Waals surface area contributed by atoms with Gasteiger partial charge in [0.1, 0.15) is 0 Å². The predicted molar refractivity (Wildman–Crippen MR) is 82.7 cm³/mol.